The first kappa shape index (κ1) is 28.5. The number of nitrogens with one attached hydrogen (secondary N) is 2. The zero-order chi connectivity index (χ0) is 26.8. The van der Waals surface area contributed by atoms with Crippen LogP contribution >= 0.6 is 11.8 Å². The maximum absolute atomic E-state index is 12.8. The Balaban J connectivity index is 1.87. The Bertz CT molecular complexity index is 1170. The SMILES string of the molecule is C=C(CC(=O)Nc1cccc(C(=C2CCNCC2)c2ccc(C(=O)N(CC)CC)cc2)c1)S/C(C)=C\C. The standard InChI is InChI=1S/C31H39N3O2S/c1-6-22(4)37-23(5)20-29(35)33-28-11-9-10-27(21-28)30(25-16-18-32-19-17-25)24-12-14-26(15-13-24)31(36)34(7-2)8-3/h6,9-15,21,32H,5,7-8,16-20H2,1-4H3,(H,33,35)/b22-6-. The fraction of sp³-hybridized carbons (Fsp3) is 0.355. The average molecular weight is 518 g/mol. The Morgan fingerprint density at radius 1 is 1.03 bits per heavy atom. The van der Waals surface area contributed by atoms with Crippen LogP contribution in [0.2, 0.25) is 0 Å². The lowest BCUT2D eigenvalue weighted by atomic mass is 9.88. The van der Waals surface area contributed by atoms with Gasteiger partial charge in [0.25, 0.3) is 5.91 Å². The maximum atomic E-state index is 12.8. The summed E-state index contributed by atoms with van der Waals surface area (Å²) >= 11 is 1.54. The number of allylic oxidation sites excluding steroid dienone is 2. The van der Waals surface area contributed by atoms with Gasteiger partial charge in [-0.1, -0.05) is 54.3 Å². The molecule has 0 radical (unpaired) electrons. The predicted molar refractivity (Wildman–Crippen MR) is 158 cm³/mol. The Hall–Kier alpha value is -3.09. The summed E-state index contributed by atoms with van der Waals surface area (Å²) in [5, 5.41) is 6.49. The highest BCUT2D eigenvalue weighted by Crippen LogP contribution is 2.33. The summed E-state index contributed by atoms with van der Waals surface area (Å²) < 4.78 is 0. The zero-order valence-corrected chi connectivity index (χ0v) is 23.3. The molecular weight excluding hydrogens is 478 g/mol. The van der Waals surface area contributed by atoms with Gasteiger partial charge >= 0.3 is 0 Å². The summed E-state index contributed by atoms with van der Waals surface area (Å²) in [6.07, 6.45) is 4.21. The molecule has 1 fully saturated rings. The van der Waals surface area contributed by atoms with E-state index in [4.69, 9.17) is 0 Å². The molecule has 0 aromatic heterocycles. The molecule has 3 rings (SSSR count). The van der Waals surface area contributed by atoms with Gasteiger partial charge in [0.2, 0.25) is 5.91 Å². The number of piperidine rings is 1. The van der Waals surface area contributed by atoms with Crippen LogP contribution in [0.3, 0.4) is 0 Å². The van der Waals surface area contributed by atoms with E-state index in [-0.39, 0.29) is 18.2 Å². The van der Waals surface area contributed by atoms with Crippen molar-refractivity contribution in [3.63, 3.8) is 0 Å². The van der Waals surface area contributed by atoms with Crippen LogP contribution in [0.25, 0.3) is 5.57 Å². The Labute approximate surface area is 226 Å². The van der Waals surface area contributed by atoms with E-state index in [0.717, 1.165) is 52.6 Å². The third kappa shape index (κ3) is 7.94. The lowest BCUT2D eigenvalue weighted by molar-refractivity contribution is -0.115. The molecule has 37 heavy (non-hydrogen) atoms. The quantitative estimate of drug-likeness (QED) is 0.362. The monoisotopic (exact) mass is 517 g/mol. The highest BCUT2D eigenvalue weighted by Gasteiger charge is 2.17. The fourth-order valence-corrected chi connectivity index (χ4v) is 5.26. The lowest BCUT2D eigenvalue weighted by Gasteiger charge is -2.22. The van der Waals surface area contributed by atoms with Crippen molar-refractivity contribution in [2.45, 2.75) is 47.0 Å². The van der Waals surface area contributed by atoms with Crippen molar-refractivity contribution in [2.75, 3.05) is 31.5 Å². The Kier molecular flexibility index (Phi) is 10.8. The molecule has 0 bridgehead atoms. The van der Waals surface area contributed by atoms with Crippen LogP contribution in [-0.2, 0) is 4.79 Å². The van der Waals surface area contributed by atoms with Crippen LogP contribution < -0.4 is 10.6 Å². The average Bonchev–Trinajstić information content (AvgIpc) is 2.90. The third-order valence-corrected chi connectivity index (χ3v) is 7.53. The molecule has 0 unspecified atom stereocenters. The number of thioether (sulfide) groups is 1. The first-order valence-corrected chi connectivity index (χ1v) is 13.9. The number of hydrogen-bond donors (Lipinski definition) is 2. The molecule has 0 saturated carbocycles. The van der Waals surface area contributed by atoms with Crippen LogP contribution in [0.4, 0.5) is 5.69 Å². The highest BCUT2D eigenvalue weighted by molar-refractivity contribution is 8.06. The van der Waals surface area contributed by atoms with E-state index >= 15 is 0 Å². The number of benzene rings is 2. The first-order chi connectivity index (χ1) is 17.9. The largest absolute Gasteiger partial charge is 0.339 e. The van der Waals surface area contributed by atoms with E-state index in [2.05, 4.69) is 35.4 Å². The van der Waals surface area contributed by atoms with Gasteiger partial charge in [-0.05, 0) is 104 Å². The van der Waals surface area contributed by atoms with Gasteiger partial charge in [0.15, 0.2) is 0 Å². The third-order valence-electron chi connectivity index (χ3n) is 6.54. The molecule has 0 aliphatic carbocycles. The second-order valence-corrected chi connectivity index (χ2v) is 10.6. The van der Waals surface area contributed by atoms with Gasteiger partial charge in [-0.2, -0.15) is 0 Å². The molecule has 1 aliphatic rings. The van der Waals surface area contributed by atoms with Gasteiger partial charge < -0.3 is 15.5 Å². The minimum atomic E-state index is -0.0751. The van der Waals surface area contributed by atoms with Crippen LogP contribution in [0.1, 0.15) is 68.4 Å². The van der Waals surface area contributed by atoms with E-state index in [1.165, 1.54) is 22.9 Å². The molecule has 0 atom stereocenters. The minimum Gasteiger partial charge on any atom is -0.339 e. The van der Waals surface area contributed by atoms with Gasteiger partial charge in [-0.25, -0.2) is 0 Å². The van der Waals surface area contributed by atoms with E-state index < -0.39 is 0 Å². The number of carbonyl (C=O) groups is 2. The first-order valence-electron chi connectivity index (χ1n) is 13.1. The van der Waals surface area contributed by atoms with Gasteiger partial charge in [0, 0.05) is 24.3 Å². The number of carbonyl (C=O) groups excluding carboxylic acids is 2. The van der Waals surface area contributed by atoms with E-state index in [0.29, 0.717) is 18.7 Å². The van der Waals surface area contributed by atoms with Crippen LogP contribution in [0.15, 0.2) is 76.6 Å². The van der Waals surface area contributed by atoms with Crippen molar-refractivity contribution in [3.05, 3.63) is 93.3 Å². The molecular formula is C31H39N3O2S. The molecule has 1 heterocycles. The molecule has 2 aromatic carbocycles. The van der Waals surface area contributed by atoms with Crippen molar-refractivity contribution in [1.82, 2.24) is 10.2 Å². The summed E-state index contributed by atoms with van der Waals surface area (Å²) in [6.45, 7) is 15.3. The number of amides is 2. The molecule has 1 saturated heterocycles. The van der Waals surface area contributed by atoms with Crippen molar-refractivity contribution in [1.29, 1.82) is 0 Å². The molecule has 5 nitrogen and oxygen atoms in total. The maximum Gasteiger partial charge on any atom is 0.253 e. The number of rotatable bonds is 10. The highest BCUT2D eigenvalue weighted by atomic mass is 32.2. The molecule has 0 spiro atoms. The molecule has 2 aromatic rings. The second-order valence-electron chi connectivity index (χ2n) is 9.13. The van der Waals surface area contributed by atoms with Gasteiger partial charge in [0.05, 0.1) is 6.42 Å². The van der Waals surface area contributed by atoms with Crippen molar-refractivity contribution in [2.24, 2.45) is 0 Å². The molecule has 1 aliphatic heterocycles. The summed E-state index contributed by atoms with van der Waals surface area (Å²) in [7, 11) is 0. The molecule has 2 N–H and O–H groups in total. The van der Waals surface area contributed by atoms with Crippen molar-refractivity contribution in [3.8, 4) is 0 Å². The van der Waals surface area contributed by atoms with Crippen LogP contribution in [0, 0.1) is 0 Å². The van der Waals surface area contributed by atoms with E-state index in [1.807, 2.05) is 69.0 Å². The fourth-order valence-electron chi connectivity index (χ4n) is 4.49. The minimum absolute atomic E-state index is 0.0571. The lowest BCUT2D eigenvalue weighted by Crippen LogP contribution is -2.30. The topological polar surface area (TPSA) is 61.4 Å². The predicted octanol–water partition coefficient (Wildman–Crippen LogP) is 6.85. The van der Waals surface area contributed by atoms with Gasteiger partial charge in [0.1, 0.15) is 0 Å². The summed E-state index contributed by atoms with van der Waals surface area (Å²) in [5.74, 6) is -0.0180. The Morgan fingerprint density at radius 2 is 1.68 bits per heavy atom. The molecule has 6 heteroatoms. The second kappa shape index (κ2) is 14.0. The van der Waals surface area contributed by atoms with Gasteiger partial charge in [-0.3, -0.25) is 9.59 Å². The van der Waals surface area contributed by atoms with Crippen LogP contribution in [-0.4, -0.2) is 42.9 Å². The van der Waals surface area contributed by atoms with Crippen molar-refractivity contribution >= 4 is 34.8 Å². The van der Waals surface area contributed by atoms with Gasteiger partial charge in [-0.15, -0.1) is 0 Å². The van der Waals surface area contributed by atoms with Crippen LogP contribution in [0.5, 0.6) is 0 Å². The zero-order valence-electron chi connectivity index (χ0n) is 22.5. The number of hydrogen-bond acceptors (Lipinski definition) is 4. The normalized spacial score (nSPS) is 13.7. The Morgan fingerprint density at radius 3 is 2.30 bits per heavy atom. The number of anilines is 1. The number of nitrogens with zero attached hydrogens (tertiary/aromatic N) is 1. The smallest absolute Gasteiger partial charge is 0.253 e. The summed E-state index contributed by atoms with van der Waals surface area (Å²) in [6, 6.07) is 16.0. The van der Waals surface area contributed by atoms with E-state index in [1.54, 1.807) is 0 Å². The summed E-state index contributed by atoms with van der Waals surface area (Å²) in [5.41, 5.74) is 6.19. The summed E-state index contributed by atoms with van der Waals surface area (Å²) in [4.78, 5) is 29.3. The molecule has 196 valence electrons. The van der Waals surface area contributed by atoms with Crippen molar-refractivity contribution < 1.29 is 9.59 Å². The van der Waals surface area contributed by atoms with E-state index in [9.17, 15) is 9.59 Å². The molecule has 2 amide bonds.